The van der Waals surface area contributed by atoms with Crippen LogP contribution in [0.4, 0.5) is 5.69 Å². The second kappa shape index (κ2) is 9.14. The molecule has 1 aliphatic rings. The molecule has 0 aromatic heterocycles. The highest BCUT2D eigenvalue weighted by Crippen LogP contribution is 2.27. The molecule has 2 aromatic rings. The molecule has 1 atom stereocenters. The van der Waals surface area contributed by atoms with Crippen LogP contribution in [0.15, 0.2) is 54.6 Å². The maximum atomic E-state index is 12.7. The van der Waals surface area contributed by atoms with Crippen LogP contribution in [0.25, 0.3) is 11.1 Å². The third kappa shape index (κ3) is 4.75. The number of hydrogen-bond donors (Lipinski definition) is 2. The highest BCUT2D eigenvalue weighted by molar-refractivity contribution is 5.97. The molecule has 3 rings (SSSR count). The number of carbonyl (C=O) groups is 3. The van der Waals surface area contributed by atoms with Crippen LogP contribution >= 0.6 is 0 Å². The van der Waals surface area contributed by atoms with Gasteiger partial charge in [-0.05, 0) is 11.6 Å². The van der Waals surface area contributed by atoms with Gasteiger partial charge >= 0.3 is 5.97 Å². The van der Waals surface area contributed by atoms with E-state index < -0.39 is 12.0 Å². The van der Waals surface area contributed by atoms with Crippen molar-refractivity contribution in [1.29, 1.82) is 0 Å². The van der Waals surface area contributed by atoms with Crippen LogP contribution in [0.1, 0.15) is 6.42 Å². The van der Waals surface area contributed by atoms with E-state index in [1.165, 1.54) is 7.11 Å². The molecule has 7 nitrogen and oxygen atoms in total. The fourth-order valence-electron chi connectivity index (χ4n) is 3.25. The van der Waals surface area contributed by atoms with Crippen LogP contribution in [-0.2, 0) is 19.1 Å². The fourth-order valence-corrected chi connectivity index (χ4v) is 3.25. The monoisotopic (exact) mass is 381 g/mol. The first-order chi connectivity index (χ1) is 13.6. The maximum absolute atomic E-state index is 12.7. The van der Waals surface area contributed by atoms with E-state index in [2.05, 4.69) is 15.4 Å². The summed E-state index contributed by atoms with van der Waals surface area (Å²) in [4.78, 5) is 38.1. The minimum absolute atomic E-state index is 0.0121. The molecule has 7 heteroatoms. The zero-order valence-electron chi connectivity index (χ0n) is 15.7. The second-order valence-electron chi connectivity index (χ2n) is 6.52. The summed E-state index contributed by atoms with van der Waals surface area (Å²) in [6, 6.07) is 16.6. The molecule has 1 heterocycles. The summed E-state index contributed by atoms with van der Waals surface area (Å²) in [5.41, 5.74) is 2.61. The van der Waals surface area contributed by atoms with Crippen LogP contribution < -0.4 is 10.6 Å². The smallest absolute Gasteiger partial charge is 0.307 e. The molecule has 1 aliphatic heterocycles. The average Bonchev–Trinajstić information content (AvgIpc) is 2.71. The lowest BCUT2D eigenvalue weighted by Gasteiger charge is -2.33. The number of methoxy groups -OCH3 is 1. The van der Waals surface area contributed by atoms with Gasteiger partial charge in [0.1, 0.15) is 6.04 Å². The van der Waals surface area contributed by atoms with Crippen molar-refractivity contribution in [2.24, 2.45) is 0 Å². The number of piperazine rings is 1. The molecule has 0 radical (unpaired) electrons. The van der Waals surface area contributed by atoms with Gasteiger partial charge < -0.3 is 15.4 Å². The topological polar surface area (TPSA) is 87.7 Å². The van der Waals surface area contributed by atoms with E-state index in [4.69, 9.17) is 0 Å². The Bertz CT molecular complexity index is 854. The second-order valence-corrected chi connectivity index (χ2v) is 6.52. The lowest BCUT2D eigenvalue weighted by molar-refractivity contribution is -0.146. The predicted molar refractivity (Wildman–Crippen MR) is 106 cm³/mol. The summed E-state index contributed by atoms with van der Waals surface area (Å²) in [5, 5.41) is 5.66. The summed E-state index contributed by atoms with van der Waals surface area (Å²) in [6.07, 6.45) is -0.0871. The van der Waals surface area contributed by atoms with E-state index in [0.717, 1.165) is 11.1 Å². The lowest BCUT2D eigenvalue weighted by Crippen LogP contribution is -2.57. The highest BCUT2D eigenvalue weighted by atomic mass is 16.5. The number of anilines is 1. The van der Waals surface area contributed by atoms with Gasteiger partial charge in [-0.3, -0.25) is 19.3 Å². The summed E-state index contributed by atoms with van der Waals surface area (Å²) >= 11 is 0. The van der Waals surface area contributed by atoms with Gasteiger partial charge in [0.15, 0.2) is 0 Å². The molecule has 146 valence electrons. The molecule has 1 fully saturated rings. The molecule has 0 spiro atoms. The van der Waals surface area contributed by atoms with Crippen LogP contribution in [0.5, 0.6) is 0 Å². The van der Waals surface area contributed by atoms with Crippen LogP contribution in [-0.4, -0.2) is 55.5 Å². The molecular formula is C21H23N3O4. The lowest BCUT2D eigenvalue weighted by atomic mass is 10.0. The van der Waals surface area contributed by atoms with E-state index in [0.29, 0.717) is 18.8 Å². The summed E-state index contributed by atoms with van der Waals surface area (Å²) in [6.45, 7) is 0.934. The number of esters is 1. The standard InChI is InChI=1S/C21H23N3O4/c1-28-20(26)13-18-21(27)22-11-12-24(18)14-19(25)23-17-10-6-5-9-16(17)15-7-3-2-4-8-15/h2-10,18H,11-14H2,1H3,(H,22,27)(H,23,25)/t18-/m1/s1. The minimum Gasteiger partial charge on any atom is -0.469 e. The predicted octanol–water partition coefficient (Wildman–Crippen LogP) is 1.66. The number of benzene rings is 2. The van der Waals surface area contributed by atoms with Crippen molar-refractivity contribution in [1.82, 2.24) is 10.2 Å². The molecule has 1 saturated heterocycles. The largest absolute Gasteiger partial charge is 0.469 e. The van der Waals surface area contributed by atoms with Gasteiger partial charge in [-0.1, -0.05) is 48.5 Å². The van der Waals surface area contributed by atoms with E-state index in [9.17, 15) is 14.4 Å². The number of nitrogens with one attached hydrogen (secondary N) is 2. The highest BCUT2D eigenvalue weighted by Gasteiger charge is 2.33. The molecule has 2 amide bonds. The fraction of sp³-hybridized carbons (Fsp3) is 0.286. The Morgan fingerprint density at radius 1 is 1.14 bits per heavy atom. The Hall–Kier alpha value is -3.19. The first-order valence-corrected chi connectivity index (χ1v) is 9.11. The third-order valence-electron chi connectivity index (χ3n) is 4.66. The van der Waals surface area contributed by atoms with Gasteiger partial charge in [-0.25, -0.2) is 0 Å². The Balaban J connectivity index is 1.72. The SMILES string of the molecule is COC(=O)C[C@@H]1C(=O)NCCN1CC(=O)Nc1ccccc1-c1ccccc1. The van der Waals surface area contributed by atoms with Gasteiger partial charge in [0, 0.05) is 24.3 Å². The number of rotatable bonds is 6. The molecule has 2 aromatic carbocycles. The summed E-state index contributed by atoms with van der Waals surface area (Å²) in [7, 11) is 1.28. The molecule has 0 unspecified atom stereocenters. The van der Waals surface area contributed by atoms with Crippen molar-refractivity contribution in [2.75, 3.05) is 32.1 Å². The van der Waals surface area contributed by atoms with Gasteiger partial charge in [-0.15, -0.1) is 0 Å². The van der Waals surface area contributed by atoms with Gasteiger partial charge in [0.2, 0.25) is 11.8 Å². The maximum Gasteiger partial charge on any atom is 0.307 e. The molecule has 28 heavy (non-hydrogen) atoms. The first-order valence-electron chi connectivity index (χ1n) is 9.11. The number of nitrogens with zero attached hydrogens (tertiary/aromatic N) is 1. The Labute approximate surface area is 163 Å². The van der Waals surface area contributed by atoms with Crippen molar-refractivity contribution in [3.63, 3.8) is 0 Å². The zero-order chi connectivity index (χ0) is 19.9. The van der Waals surface area contributed by atoms with Crippen LogP contribution in [0.3, 0.4) is 0 Å². The Morgan fingerprint density at radius 3 is 2.61 bits per heavy atom. The van der Waals surface area contributed by atoms with E-state index in [1.54, 1.807) is 4.90 Å². The first kappa shape index (κ1) is 19.6. The number of para-hydroxylation sites is 1. The number of ether oxygens (including phenoxy) is 1. The normalized spacial score (nSPS) is 16.9. The average molecular weight is 381 g/mol. The molecule has 0 saturated carbocycles. The third-order valence-corrected chi connectivity index (χ3v) is 4.66. The quantitative estimate of drug-likeness (QED) is 0.743. The van der Waals surface area contributed by atoms with E-state index in [-0.39, 0.29) is 24.8 Å². The van der Waals surface area contributed by atoms with Crippen molar-refractivity contribution in [3.8, 4) is 11.1 Å². The van der Waals surface area contributed by atoms with Crippen LogP contribution in [0, 0.1) is 0 Å². The molecular weight excluding hydrogens is 358 g/mol. The van der Waals surface area contributed by atoms with E-state index >= 15 is 0 Å². The Morgan fingerprint density at radius 2 is 1.86 bits per heavy atom. The van der Waals surface area contributed by atoms with Gasteiger partial charge in [0.05, 0.1) is 20.1 Å². The minimum atomic E-state index is -0.712. The number of amides is 2. The zero-order valence-corrected chi connectivity index (χ0v) is 15.7. The number of carbonyl (C=O) groups excluding carboxylic acids is 3. The van der Waals surface area contributed by atoms with Gasteiger partial charge in [0.25, 0.3) is 0 Å². The number of hydrogen-bond acceptors (Lipinski definition) is 5. The van der Waals surface area contributed by atoms with Crippen molar-refractivity contribution < 1.29 is 19.1 Å². The van der Waals surface area contributed by atoms with Crippen molar-refractivity contribution >= 4 is 23.5 Å². The Kier molecular flexibility index (Phi) is 6.39. The van der Waals surface area contributed by atoms with E-state index in [1.807, 2.05) is 54.6 Å². The molecule has 0 aliphatic carbocycles. The molecule has 0 bridgehead atoms. The molecule has 2 N–H and O–H groups in total. The van der Waals surface area contributed by atoms with Crippen molar-refractivity contribution in [3.05, 3.63) is 54.6 Å². The van der Waals surface area contributed by atoms with Crippen LogP contribution in [0.2, 0.25) is 0 Å². The summed E-state index contributed by atoms with van der Waals surface area (Å²) < 4.78 is 4.67. The summed E-state index contributed by atoms with van der Waals surface area (Å²) in [5.74, 6) is -0.996. The van der Waals surface area contributed by atoms with Gasteiger partial charge in [-0.2, -0.15) is 0 Å². The van der Waals surface area contributed by atoms with Crippen molar-refractivity contribution in [2.45, 2.75) is 12.5 Å².